The van der Waals surface area contributed by atoms with Crippen LogP contribution >= 0.6 is 0 Å². The summed E-state index contributed by atoms with van der Waals surface area (Å²) in [6.07, 6.45) is 4.32. The fraction of sp³-hybridized carbons (Fsp3) is 0.917. The van der Waals surface area contributed by atoms with Crippen LogP contribution in [0.1, 0.15) is 52.9 Å². The topological polar surface area (TPSA) is 66.8 Å². The molecule has 0 rings (SSSR count). The van der Waals surface area contributed by atoms with Crippen LogP contribution < -0.4 is 0 Å². The minimum atomic E-state index is -2.34. The summed E-state index contributed by atoms with van der Waals surface area (Å²) >= 11 is -2.34. The summed E-state index contributed by atoms with van der Waals surface area (Å²) < 4.78 is 7.39. The van der Waals surface area contributed by atoms with Gasteiger partial charge in [0, 0.05) is 0 Å². The third-order valence-corrected chi connectivity index (χ3v) is 10.4. The second kappa shape index (κ2) is 9.16. The summed E-state index contributed by atoms with van der Waals surface area (Å²) in [5.41, 5.74) is 0. The zero-order valence-corrected chi connectivity index (χ0v) is 14.5. The number of aliphatic hydroxyl groups is 2. The third-order valence-electron chi connectivity index (χ3n) is 2.85. The second-order valence-electron chi connectivity index (χ2n) is 4.48. The van der Waals surface area contributed by atoms with Crippen molar-refractivity contribution in [3.63, 3.8) is 0 Å². The van der Waals surface area contributed by atoms with E-state index < -0.39 is 31.9 Å². The van der Waals surface area contributed by atoms with Gasteiger partial charge in [0.25, 0.3) is 0 Å². The Bertz CT molecular complexity index is 211. The molecule has 0 bridgehead atoms. The van der Waals surface area contributed by atoms with Crippen molar-refractivity contribution < 1.29 is 18.1 Å². The van der Waals surface area contributed by atoms with Crippen LogP contribution in [-0.4, -0.2) is 42.1 Å². The van der Waals surface area contributed by atoms with E-state index in [4.69, 9.17) is 3.07 Å². The molecule has 0 aliphatic heterocycles. The van der Waals surface area contributed by atoms with Gasteiger partial charge in [-0.25, -0.2) is 0 Å². The summed E-state index contributed by atoms with van der Waals surface area (Å²) in [6, 6.07) is 0. The Balaban J connectivity index is 4.25. The Hall–Kier alpha value is 0.189. The first-order valence-electron chi connectivity index (χ1n) is 6.63. The molecule has 0 atom stereocenters. The van der Waals surface area contributed by atoms with E-state index in [2.05, 4.69) is 13.8 Å². The molecule has 0 fully saturated rings. The molecule has 0 aromatic heterocycles. The zero-order chi connectivity index (χ0) is 13.3. The fourth-order valence-corrected chi connectivity index (χ4v) is 9.34. The van der Waals surface area contributed by atoms with E-state index in [1.165, 1.54) is 0 Å². The van der Waals surface area contributed by atoms with Gasteiger partial charge in [-0.2, -0.15) is 0 Å². The molecule has 0 spiro atoms. The number of unbranched alkanes of at least 4 members (excludes halogenated alkanes) is 2. The number of hydrogen-bond donors (Lipinski definition) is 2. The summed E-state index contributed by atoms with van der Waals surface area (Å²) in [6.45, 7) is 5.78. The summed E-state index contributed by atoms with van der Waals surface area (Å²) in [4.78, 5) is 11.6. The zero-order valence-electron chi connectivity index (χ0n) is 11.2. The molecular formula is C12H26O4Sn. The van der Waals surface area contributed by atoms with Gasteiger partial charge in [-0.15, -0.1) is 0 Å². The molecule has 0 saturated carbocycles. The van der Waals surface area contributed by atoms with Crippen LogP contribution in [0.2, 0.25) is 8.87 Å². The molecule has 0 radical (unpaired) electrons. The second-order valence-corrected chi connectivity index (χ2v) is 12.0. The van der Waals surface area contributed by atoms with E-state index in [0.717, 1.165) is 34.6 Å². The molecule has 0 heterocycles. The first kappa shape index (κ1) is 17.2. The maximum absolute atomic E-state index is 11.6. The molecular weight excluding hydrogens is 327 g/mol. The maximum atomic E-state index is 11.6. The average molecular weight is 353 g/mol. The van der Waals surface area contributed by atoms with Gasteiger partial charge >= 0.3 is 112 Å². The van der Waals surface area contributed by atoms with Crippen molar-refractivity contribution in [2.75, 3.05) is 0 Å². The molecule has 0 saturated heterocycles. The molecule has 0 aliphatic carbocycles. The van der Waals surface area contributed by atoms with E-state index >= 15 is 0 Å². The number of rotatable bonds is 9. The summed E-state index contributed by atoms with van der Waals surface area (Å²) in [5.74, 6) is -3.11. The summed E-state index contributed by atoms with van der Waals surface area (Å²) in [5, 5.41) is 18.8. The Labute approximate surface area is 112 Å². The molecule has 0 aromatic rings. The Morgan fingerprint density at radius 3 is 1.94 bits per heavy atom. The van der Waals surface area contributed by atoms with Crippen LogP contribution in [0, 0.1) is 0 Å². The number of carbonyl (C=O) groups excluding carboxylic acids is 1. The van der Waals surface area contributed by atoms with Crippen LogP contribution in [0.25, 0.3) is 0 Å². The predicted molar refractivity (Wildman–Crippen MR) is 70.1 cm³/mol. The van der Waals surface area contributed by atoms with E-state index in [1.54, 1.807) is 6.92 Å². The van der Waals surface area contributed by atoms with Gasteiger partial charge < -0.3 is 0 Å². The molecule has 0 unspecified atom stereocenters. The van der Waals surface area contributed by atoms with Crippen molar-refractivity contribution >= 4 is 26.1 Å². The molecule has 102 valence electrons. The SMILES string of the molecule is CCC[CH2][SnH]([CH2]CCC)[O]C(=O)C(O)(O)CC. The summed E-state index contributed by atoms with van der Waals surface area (Å²) in [7, 11) is 0. The first-order chi connectivity index (χ1) is 7.97. The van der Waals surface area contributed by atoms with Crippen LogP contribution in [0.5, 0.6) is 0 Å². The molecule has 17 heavy (non-hydrogen) atoms. The molecule has 0 aliphatic rings. The first-order valence-corrected chi connectivity index (χ1v) is 12.6. The third kappa shape index (κ3) is 7.26. The van der Waals surface area contributed by atoms with Crippen molar-refractivity contribution in [2.45, 2.75) is 67.5 Å². The van der Waals surface area contributed by atoms with Crippen LogP contribution in [0.15, 0.2) is 0 Å². The van der Waals surface area contributed by atoms with Gasteiger partial charge in [0.1, 0.15) is 0 Å². The predicted octanol–water partition coefficient (Wildman–Crippen LogP) is 1.94. The minimum absolute atomic E-state index is 0.0218. The molecule has 0 amide bonds. The van der Waals surface area contributed by atoms with Gasteiger partial charge in [0.2, 0.25) is 0 Å². The van der Waals surface area contributed by atoms with Crippen molar-refractivity contribution in [1.82, 2.24) is 0 Å². The van der Waals surface area contributed by atoms with E-state index in [0.29, 0.717) is 0 Å². The van der Waals surface area contributed by atoms with Gasteiger partial charge in [0.05, 0.1) is 0 Å². The molecule has 2 N–H and O–H groups in total. The average Bonchev–Trinajstić information content (AvgIpc) is 2.32. The monoisotopic (exact) mass is 354 g/mol. The van der Waals surface area contributed by atoms with Crippen LogP contribution in [0.3, 0.4) is 0 Å². The van der Waals surface area contributed by atoms with E-state index in [9.17, 15) is 15.0 Å². The Kier molecular flexibility index (Phi) is 9.26. The number of carbonyl (C=O) groups is 1. The van der Waals surface area contributed by atoms with Gasteiger partial charge in [0.15, 0.2) is 0 Å². The molecule has 4 nitrogen and oxygen atoms in total. The Morgan fingerprint density at radius 2 is 1.59 bits per heavy atom. The fourth-order valence-electron chi connectivity index (χ4n) is 1.52. The normalized spacial score (nSPS) is 11.9. The van der Waals surface area contributed by atoms with Gasteiger partial charge in [-0.05, 0) is 0 Å². The van der Waals surface area contributed by atoms with Crippen molar-refractivity contribution in [2.24, 2.45) is 0 Å². The standard InChI is InChI=1S/C4H8O4.2C4H9.Sn.H/c1-2-4(7,8)3(5)6;2*1-3-4-2;;/h7-8H,2H2,1H3,(H,5,6);2*1,3-4H2,2H3;;/q;;;+1;/p-1. The van der Waals surface area contributed by atoms with Crippen molar-refractivity contribution in [3.8, 4) is 0 Å². The van der Waals surface area contributed by atoms with Crippen LogP contribution in [-0.2, 0) is 7.87 Å². The quantitative estimate of drug-likeness (QED) is 0.491. The van der Waals surface area contributed by atoms with E-state index in [1.807, 2.05) is 0 Å². The van der Waals surface area contributed by atoms with Crippen LogP contribution in [0.4, 0.5) is 0 Å². The molecule has 0 aromatic carbocycles. The van der Waals surface area contributed by atoms with E-state index in [-0.39, 0.29) is 6.42 Å². The van der Waals surface area contributed by atoms with Gasteiger partial charge in [-0.3, -0.25) is 0 Å². The Morgan fingerprint density at radius 1 is 1.12 bits per heavy atom. The van der Waals surface area contributed by atoms with Crippen molar-refractivity contribution in [3.05, 3.63) is 0 Å². The van der Waals surface area contributed by atoms with Crippen molar-refractivity contribution in [1.29, 1.82) is 0 Å². The number of hydrogen-bond acceptors (Lipinski definition) is 4. The van der Waals surface area contributed by atoms with Gasteiger partial charge in [-0.1, -0.05) is 0 Å². The molecule has 5 heteroatoms.